The van der Waals surface area contributed by atoms with Crippen LogP contribution in [0.3, 0.4) is 0 Å². The van der Waals surface area contributed by atoms with Gasteiger partial charge in [0.05, 0.1) is 19.8 Å². The van der Waals surface area contributed by atoms with Crippen LogP contribution in [0.25, 0.3) is 0 Å². The Kier molecular flexibility index (Phi) is 8.91. The largest absolute Gasteiger partial charge is 0.487 e. The van der Waals surface area contributed by atoms with Crippen molar-refractivity contribution in [2.75, 3.05) is 0 Å². The average Bonchev–Trinajstić information content (AvgIpc) is 2.71. The SMILES string of the molecule is Cc1ccc(CC(=O)N/N=C\c2cc(I)c(OCc3ccc(Br)cc3)c(I)c2)c(C)c1. The number of hydrazone groups is 1. The topological polar surface area (TPSA) is 50.7 Å². The van der Waals surface area contributed by atoms with Crippen molar-refractivity contribution >= 4 is 73.2 Å². The minimum atomic E-state index is -0.137. The molecule has 0 aliphatic rings. The first-order chi connectivity index (χ1) is 14.8. The van der Waals surface area contributed by atoms with Gasteiger partial charge in [-0.3, -0.25) is 4.79 Å². The molecule has 0 fully saturated rings. The molecule has 1 amide bonds. The van der Waals surface area contributed by atoms with Gasteiger partial charge in [-0.25, -0.2) is 5.43 Å². The van der Waals surface area contributed by atoms with Gasteiger partial charge in [0.1, 0.15) is 12.4 Å². The number of hydrogen-bond donors (Lipinski definition) is 1. The third-order valence-corrected chi connectivity index (χ3v) is 6.70. The maximum absolute atomic E-state index is 12.2. The van der Waals surface area contributed by atoms with Gasteiger partial charge in [-0.15, -0.1) is 0 Å². The summed E-state index contributed by atoms with van der Waals surface area (Å²) >= 11 is 7.96. The summed E-state index contributed by atoms with van der Waals surface area (Å²) in [6.45, 7) is 4.56. The Morgan fingerprint density at radius 3 is 2.39 bits per heavy atom. The van der Waals surface area contributed by atoms with Crippen molar-refractivity contribution in [3.8, 4) is 5.75 Å². The summed E-state index contributed by atoms with van der Waals surface area (Å²) in [5, 5.41) is 4.12. The molecule has 4 nitrogen and oxygen atoms in total. The van der Waals surface area contributed by atoms with E-state index in [0.717, 1.165) is 39.6 Å². The van der Waals surface area contributed by atoms with Crippen LogP contribution in [0.4, 0.5) is 0 Å². The highest BCUT2D eigenvalue weighted by Crippen LogP contribution is 2.29. The van der Waals surface area contributed by atoms with Crippen molar-refractivity contribution in [1.29, 1.82) is 0 Å². The third-order valence-electron chi connectivity index (χ3n) is 4.57. The Balaban J connectivity index is 1.59. The molecular weight excluding hydrogens is 682 g/mol. The molecule has 0 aliphatic carbocycles. The lowest BCUT2D eigenvalue weighted by Crippen LogP contribution is -2.20. The van der Waals surface area contributed by atoms with Gasteiger partial charge in [0, 0.05) is 4.47 Å². The van der Waals surface area contributed by atoms with Crippen molar-refractivity contribution < 1.29 is 9.53 Å². The highest BCUT2D eigenvalue weighted by Gasteiger charge is 2.09. The van der Waals surface area contributed by atoms with Crippen LogP contribution in [-0.4, -0.2) is 12.1 Å². The molecule has 3 aromatic carbocycles. The van der Waals surface area contributed by atoms with Gasteiger partial charge in [-0.1, -0.05) is 51.8 Å². The molecule has 7 heteroatoms. The van der Waals surface area contributed by atoms with E-state index in [2.05, 4.69) is 77.7 Å². The van der Waals surface area contributed by atoms with Crippen LogP contribution in [0.5, 0.6) is 5.75 Å². The number of rotatable bonds is 7. The van der Waals surface area contributed by atoms with Gasteiger partial charge < -0.3 is 4.74 Å². The van der Waals surface area contributed by atoms with Crippen LogP contribution in [0.2, 0.25) is 0 Å². The molecule has 3 rings (SSSR count). The van der Waals surface area contributed by atoms with Gasteiger partial charge in [0.2, 0.25) is 5.91 Å². The molecule has 0 atom stereocenters. The maximum atomic E-state index is 12.2. The summed E-state index contributed by atoms with van der Waals surface area (Å²) < 4.78 is 9.06. The third kappa shape index (κ3) is 7.28. The summed E-state index contributed by atoms with van der Waals surface area (Å²) in [5.74, 6) is 0.710. The van der Waals surface area contributed by atoms with Crippen molar-refractivity contribution in [2.24, 2.45) is 5.10 Å². The molecule has 1 N–H and O–H groups in total. The lowest BCUT2D eigenvalue weighted by atomic mass is 10.0. The second-order valence-corrected chi connectivity index (χ2v) is 10.4. The van der Waals surface area contributed by atoms with E-state index in [0.29, 0.717) is 13.0 Å². The molecule has 31 heavy (non-hydrogen) atoms. The van der Waals surface area contributed by atoms with Gasteiger partial charge in [-0.05, 0) is 106 Å². The Bertz CT molecular complexity index is 1090. The first-order valence-electron chi connectivity index (χ1n) is 9.56. The van der Waals surface area contributed by atoms with Crippen molar-refractivity contribution in [2.45, 2.75) is 26.9 Å². The minimum Gasteiger partial charge on any atom is -0.487 e. The molecule has 0 saturated heterocycles. The smallest absolute Gasteiger partial charge is 0.244 e. The lowest BCUT2D eigenvalue weighted by molar-refractivity contribution is -0.120. The Morgan fingerprint density at radius 1 is 1.06 bits per heavy atom. The fourth-order valence-electron chi connectivity index (χ4n) is 2.96. The van der Waals surface area contributed by atoms with E-state index >= 15 is 0 Å². The first-order valence-corrected chi connectivity index (χ1v) is 12.5. The number of amides is 1. The van der Waals surface area contributed by atoms with E-state index in [9.17, 15) is 4.79 Å². The van der Waals surface area contributed by atoms with E-state index in [1.54, 1.807) is 6.21 Å². The van der Waals surface area contributed by atoms with Gasteiger partial charge in [0.15, 0.2) is 0 Å². The molecular formula is C24H21BrI2N2O2. The number of benzene rings is 3. The summed E-state index contributed by atoms with van der Waals surface area (Å²) in [7, 11) is 0. The maximum Gasteiger partial charge on any atom is 0.244 e. The number of carbonyl (C=O) groups excluding carboxylic acids is 1. The monoisotopic (exact) mass is 702 g/mol. The number of halogens is 3. The summed E-state index contributed by atoms with van der Waals surface area (Å²) in [5.41, 5.74) is 7.93. The van der Waals surface area contributed by atoms with Gasteiger partial charge in [0.25, 0.3) is 0 Å². The highest BCUT2D eigenvalue weighted by atomic mass is 127. The summed E-state index contributed by atoms with van der Waals surface area (Å²) in [6.07, 6.45) is 1.96. The fourth-order valence-corrected chi connectivity index (χ4v) is 5.36. The molecule has 0 bridgehead atoms. The number of nitrogens with zero attached hydrogens (tertiary/aromatic N) is 1. The number of carbonyl (C=O) groups is 1. The quantitative estimate of drug-likeness (QED) is 0.173. The lowest BCUT2D eigenvalue weighted by Gasteiger charge is -2.11. The van der Waals surface area contributed by atoms with Gasteiger partial charge >= 0.3 is 0 Å². The zero-order valence-electron chi connectivity index (χ0n) is 17.1. The normalized spacial score (nSPS) is 11.0. The molecule has 0 aliphatic heterocycles. The van der Waals surface area contributed by atoms with Crippen LogP contribution in [-0.2, 0) is 17.8 Å². The average molecular weight is 703 g/mol. The molecule has 0 saturated carbocycles. The van der Waals surface area contributed by atoms with Crippen LogP contribution < -0.4 is 10.2 Å². The van der Waals surface area contributed by atoms with Crippen molar-refractivity contribution in [1.82, 2.24) is 5.43 Å². The Hall–Kier alpha value is -1.46. The van der Waals surface area contributed by atoms with Crippen molar-refractivity contribution in [3.63, 3.8) is 0 Å². The van der Waals surface area contributed by atoms with Crippen LogP contribution in [0.1, 0.15) is 27.8 Å². The van der Waals surface area contributed by atoms with Crippen LogP contribution in [0.15, 0.2) is 64.2 Å². The molecule has 0 radical (unpaired) electrons. The molecule has 160 valence electrons. The Labute approximate surface area is 218 Å². The summed E-state index contributed by atoms with van der Waals surface area (Å²) in [6, 6.07) is 18.1. The van der Waals surface area contributed by atoms with E-state index in [1.165, 1.54) is 5.56 Å². The molecule has 3 aromatic rings. The number of ether oxygens (including phenoxy) is 1. The standard InChI is InChI=1S/C24H21BrI2N2O2/c1-15-3-6-19(16(2)9-15)12-23(30)29-28-13-18-10-21(26)24(22(27)11-18)31-14-17-4-7-20(25)8-5-17/h3-11,13H,12,14H2,1-2H3,(H,29,30)/b28-13-. The Morgan fingerprint density at radius 2 is 1.74 bits per heavy atom. The van der Waals surface area contributed by atoms with Crippen molar-refractivity contribution in [3.05, 3.63) is 94.0 Å². The van der Waals surface area contributed by atoms with Crippen LogP contribution >= 0.6 is 61.1 Å². The second-order valence-electron chi connectivity index (χ2n) is 7.13. The summed E-state index contributed by atoms with van der Waals surface area (Å²) in [4.78, 5) is 12.2. The molecule has 0 aromatic heterocycles. The fraction of sp³-hybridized carbons (Fsp3) is 0.167. The zero-order valence-corrected chi connectivity index (χ0v) is 23.0. The number of aryl methyl sites for hydroxylation is 2. The van der Waals surface area contributed by atoms with E-state index in [4.69, 9.17) is 4.74 Å². The second kappa shape index (κ2) is 11.4. The number of hydrogen-bond acceptors (Lipinski definition) is 3. The number of nitrogens with one attached hydrogen (secondary N) is 1. The molecule has 0 spiro atoms. The van der Waals surface area contributed by atoms with E-state index in [1.807, 2.05) is 62.4 Å². The van der Waals surface area contributed by atoms with E-state index < -0.39 is 0 Å². The van der Waals surface area contributed by atoms with Crippen LogP contribution in [0, 0.1) is 21.0 Å². The van der Waals surface area contributed by atoms with E-state index in [-0.39, 0.29) is 5.91 Å². The first kappa shape index (κ1) is 24.2. The predicted octanol–water partition coefficient (Wildman–Crippen LogP) is 6.55. The minimum absolute atomic E-state index is 0.137. The molecule has 0 heterocycles. The zero-order chi connectivity index (χ0) is 22.4. The predicted molar refractivity (Wildman–Crippen MR) is 146 cm³/mol. The molecule has 0 unspecified atom stereocenters. The highest BCUT2D eigenvalue weighted by molar-refractivity contribution is 14.1. The van der Waals surface area contributed by atoms with Gasteiger partial charge in [-0.2, -0.15) is 5.10 Å².